The molecule has 0 heterocycles. The average Bonchev–Trinajstić information content (AvgIpc) is 2.72. The number of methoxy groups -OCH3 is 1. The maximum atomic E-state index is 12.3. The Balaban J connectivity index is 1.86. The minimum absolute atomic E-state index is 0.0146. The number of benzene rings is 2. The van der Waals surface area contributed by atoms with Crippen LogP contribution in [0.15, 0.2) is 59.1 Å². The fourth-order valence-corrected chi connectivity index (χ4v) is 3.31. The van der Waals surface area contributed by atoms with Crippen molar-refractivity contribution in [2.24, 2.45) is 0 Å². The van der Waals surface area contributed by atoms with Crippen molar-refractivity contribution in [2.75, 3.05) is 7.11 Å². The van der Waals surface area contributed by atoms with Gasteiger partial charge in [0.1, 0.15) is 6.04 Å². The standard InChI is InChI=1S/C22H25BrN2O4/c1-15(17-8-4-3-5-9-17)24-20(26)11-12-21(27)25-19(22(28)29-2)14-16-7-6-10-18(23)13-16/h3-10,13,15,19H,11-12,14H2,1-2H3,(H,24,26)(H,25,27)/t15-,19+/m1/s1. The molecule has 0 aromatic heterocycles. The molecule has 0 spiro atoms. The summed E-state index contributed by atoms with van der Waals surface area (Å²) < 4.78 is 5.68. The van der Waals surface area contributed by atoms with Gasteiger partial charge in [0.25, 0.3) is 0 Å². The Kier molecular flexibility index (Phi) is 8.86. The Hall–Kier alpha value is -2.67. The van der Waals surface area contributed by atoms with Crippen LogP contribution in [0.1, 0.15) is 36.9 Å². The van der Waals surface area contributed by atoms with Crippen molar-refractivity contribution < 1.29 is 19.1 Å². The maximum absolute atomic E-state index is 12.3. The fraction of sp³-hybridized carbons (Fsp3) is 0.318. The lowest BCUT2D eigenvalue weighted by atomic mass is 10.1. The lowest BCUT2D eigenvalue weighted by molar-refractivity contribution is -0.145. The fourth-order valence-electron chi connectivity index (χ4n) is 2.87. The van der Waals surface area contributed by atoms with Crippen LogP contribution in [0.2, 0.25) is 0 Å². The van der Waals surface area contributed by atoms with E-state index >= 15 is 0 Å². The third-order valence-corrected chi connectivity index (χ3v) is 4.90. The van der Waals surface area contributed by atoms with Gasteiger partial charge >= 0.3 is 5.97 Å². The molecule has 0 saturated heterocycles. The first-order chi connectivity index (χ1) is 13.9. The lowest BCUT2D eigenvalue weighted by Gasteiger charge is -2.17. The Morgan fingerprint density at radius 2 is 1.62 bits per heavy atom. The van der Waals surface area contributed by atoms with Crippen molar-refractivity contribution in [2.45, 2.75) is 38.3 Å². The summed E-state index contributed by atoms with van der Waals surface area (Å²) in [6.07, 6.45) is 0.322. The molecule has 0 aliphatic heterocycles. The van der Waals surface area contributed by atoms with Crippen LogP contribution in [0.3, 0.4) is 0 Å². The number of carbonyl (C=O) groups is 3. The van der Waals surface area contributed by atoms with E-state index in [1.807, 2.05) is 61.5 Å². The highest BCUT2D eigenvalue weighted by molar-refractivity contribution is 9.10. The van der Waals surface area contributed by atoms with E-state index in [-0.39, 0.29) is 30.7 Å². The Labute approximate surface area is 179 Å². The number of amides is 2. The molecule has 0 radical (unpaired) electrons. The molecule has 154 valence electrons. The predicted octanol–water partition coefficient (Wildman–Crippen LogP) is 3.31. The molecule has 0 fully saturated rings. The van der Waals surface area contributed by atoms with Gasteiger partial charge in [-0.2, -0.15) is 0 Å². The van der Waals surface area contributed by atoms with Crippen molar-refractivity contribution in [3.63, 3.8) is 0 Å². The molecule has 2 aromatic carbocycles. The molecule has 2 aromatic rings. The first-order valence-corrected chi connectivity index (χ1v) is 10.1. The van der Waals surface area contributed by atoms with Crippen LogP contribution in [0, 0.1) is 0 Å². The highest BCUT2D eigenvalue weighted by Crippen LogP contribution is 2.14. The number of carbonyl (C=O) groups excluding carboxylic acids is 3. The van der Waals surface area contributed by atoms with Gasteiger partial charge in [0.2, 0.25) is 11.8 Å². The highest BCUT2D eigenvalue weighted by Gasteiger charge is 2.22. The van der Waals surface area contributed by atoms with Crippen LogP contribution >= 0.6 is 15.9 Å². The van der Waals surface area contributed by atoms with E-state index in [1.165, 1.54) is 7.11 Å². The molecular weight excluding hydrogens is 436 g/mol. The molecule has 0 aliphatic rings. The smallest absolute Gasteiger partial charge is 0.328 e. The van der Waals surface area contributed by atoms with E-state index in [0.29, 0.717) is 6.42 Å². The van der Waals surface area contributed by atoms with E-state index in [4.69, 9.17) is 4.74 Å². The van der Waals surface area contributed by atoms with Gasteiger partial charge in [-0.1, -0.05) is 58.4 Å². The molecule has 0 unspecified atom stereocenters. The second-order valence-corrected chi connectivity index (χ2v) is 7.59. The number of ether oxygens (including phenoxy) is 1. The number of esters is 1. The van der Waals surface area contributed by atoms with Gasteiger partial charge in [0, 0.05) is 23.7 Å². The van der Waals surface area contributed by atoms with Crippen molar-refractivity contribution in [3.05, 3.63) is 70.2 Å². The van der Waals surface area contributed by atoms with E-state index in [2.05, 4.69) is 26.6 Å². The summed E-state index contributed by atoms with van der Waals surface area (Å²) in [5.74, 6) is -1.13. The second-order valence-electron chi connectivity index (χ2n) is 6.68. The topological polar surface area (TPSA) is 84.5 Å². The van der Waals surface area contributed by atoms with Gasteiger partial charge in [-0.15, -0.1) is 0 Å². The number of hydrogen-bond acceptors (Lipinski definition) is 4. The minimum Gasteiger partial charge on any atom is -0.467 e. The quantitative estimate of drug-likeness (QED) is 0.562. The minimum atomic E-state index is -0.812. The summed E-state index contributed by atoms with van der Waals surface area (Å²) in [4.78, 5) is 36.5. The van der Waals surface area contributed by atoms with Gasteiger partial charge in [-0.05, 0) is 30.2 Å². The van der Waals surface area contributed by atoms with Gasteiger partial charge < -0.3 is 15.4 Å². The van der Waals surface area contributed by atoms with Crippen LogP contribution in [0.5, 0.6) is 0 Å². The second kappa shape index (κ2) is 11.4. The average molecular weight is 461 g/mol. The van der Waals surface area contributed by atoms with Crippen LogP contribution in [0.25, 0.3) is 0 Å². The zero-order chi connectivity index (χ0) is 21.2. The molecule has 2 atom stereocenters. The Bertz CT molecular complexity index is 842. The summed E-state index contributed by atoms with van der Waals surface area (Å²) in [7, 11) is 1.28. The molecule has 2 amide bonds. The largest absolute Gasteiger partial charge is 0.467 e. The van der Waals surface area contributed by atoms with Crippen LogP contribution in [0.4, 0.5) is 0 Å². The lowest BCUT2D eigenvalue weighted by Crippen LogP contribution is -2.43. The Morgan fingerprint density at radius 1 is 0.966 bits per heavy atom. The van der Waals surface area contributed by atoms with Gasteiger partial charge in [0.15, 0.2) is 0 Å². The molecule has 0 saturated carbocycles. The molecule has 2 N–H and O–H groups in total. The zero-order valence-corrected chi connectivity index (χ0v) is 18.1. The normalized spacial score (nSPS) is 12.5. The maximum Gasteiger partial charge on any atom is 0.328 e. The number of halogens is 1. The van der Waals surface area contributed by atoms with Crippen LogP contribution < -0.4 is 10.6 Å². The third kappa shape index (κ3) is 7.69. The summed E-state index contributed by atoms with van der Waals surface area (Å²) in [5.41, 5.74) is 1.87. The molecule has 6 nitrogen and oxygen atoms in total. The zero-order valence-electron chi connectivity index (χ0n) is 16.5. The molecule has 2 rings (SSSR count). The molecule has 0 aliphatic carbocycles. The SMILES string of the molecule is COC(=O)[C@H](Cc1cccc(Br)c1)NC(=O)CCC(=O)N[C@H](C)c1ccccc1. The first kappa shape index (κ1) is 22.6. The van der Waals surface area contributed by atoms with Gasteiger partial charge in [0.05, 0.1) is 13.2 Å². The summed E-state index contributed by atoms with van der Waals surface area (Å²) in [6, 6.07) is 16.1. The van der Waals surface area contributed by atoms with Crippen molar-refractivity contribution in [3.8, 4) is 0 Å². The van der Waals surface area contributed by atoms with E-state index in [1.54, 1.807) is 0 Å². The van der Waals surface area contributed by atoms with Gasteiger partial charge in [-0.3, -0.25) is 9.59 Å². The van der Waals surface area contributed by atoms with E-state index in [9.17, 15) is 14.4 Å². The molecule has 0 bridgehead atoms. The third-order valence-electron chi connectivity index (χ3n) is 4.41. The van der Waals surface area contributed by atoms with Gasteiger partial charge in [-0.25, -0.2) is 4.79 Å². The van der Waals surface area contributed by atoms with Crippen molar-refractivity contribution >= 4 is 33.7 Å². The summed E-state index contributed by atoms with van der Waals surface area (Å²) >= 11 is 3.39. The van der Waals surface area contributed by atoms with Crippen molar-refractivity contribution in [1.29, 1.82) is 0 Å². The number of hydrogen-bond donors (Lipinski definition) is 2. The van der Waals surface area contributed by atoms with Crippen LogP contribution in [-0.4, -0.2) is 30.9 Å². The van der Waals surface area contributed by atoms with Crippen molar-refractivity contribution in [1.82, 2.24) is 10.6 Å². The highest BCUT2D eigenvalue weighted by atomic mass is 79.9. The number of nitrogens with one attached hydrogen (secondary N) is 2. The van der Waals surface area contributed by atoms with Crippen LogP contribution in [-0.2, 0) is 25.5 Å². The molecule has 7 heteroatoms. The summed E-state index contributed by atoms with van der Waals surface area (Å²) in [6.45, 7) is 1.89. The Morgan fingerprint density at radius 3 is 2.24 bits per heavy atom. The molecular formula is C22H25BrN2O4. The number of rotatable bonds is 9. The van der Waals surface area contributed by atoms with E-state index < -0.39 is 12.0 Å². The van der Waals surface area contributed by atoms with E-state index in [0.717, 1.165) is 15.6 Å². The molecule has 29 heavy (non-hydrogen) atoms. The monoisotopic (exact) mass is 460 g/mol. The first-order valence-electron chi connectivity index (χ1n) is 9.35. The predicted molar refractivity (Wildman–Crippen MR) is 114 cm³/mol. The summed E-state index contributed by atoms with van der Waals surface area (Å²) in [5, 5.41) is 5.54.